The van der Waals surface area contributed by atoms with E-state index in [1.165, 1.54) is 13.0 Å². The summed E-state index contributed by atoms with van der Waals surface area (Å²) in [6.45, 7) is 2.39. The van der Waals surface area contributed by atoms with Gasteiger partial charge in [0.15, 0.2) is 5.82 Å². The number of carbonyl (C=O) groups excluding carboxylic acids is 2. The highest BCUT2D eigenvalue weighted by Gasteiger charge is 2.20. The van der Waals surface area contributed by atoms with Crippen molar-refractivity contribution in [3.63, 3.8) is 0 Å². The summed E-state index contributed by atoms with van der Waals surface area (Å²) < 4.78 is 31.5. The van der Waals surface area contributed by atoms with E-state index in [1.807, 2.05) is 0 Å². The van der Waals surface area contributed by atoms with Crippen LogP contribution in [0.2, 0.25) is 0 Å². The standard InChI is InChI=1S/C14H13F2N3O3/c1-8-5-13(18-22-8)17-14(21)7-19(9(2)20)12-4-3-10(15)6-11(12)16/h3-6H,7H2,1-2H3,(H,17,18,21). The van der Waals surface area contributed by atoms with Crippen LogP contribution in [-0.2, 0) is 9.59 Å². The zero-order valence-corrected chi connectivity index (χ0v) is 11.9. The molecule has 0 saturated heterocycles. The van der Waals surface area contributed by atoms with Gasteiger partial charge in [-0.15, -0.1) is 0 Å². The zero-order chi connectivity index (χ0) is 16.3. The fourth-order valence-electron chi connectivity index (χ4n) is 1.82. The molecule has 0 spiro atoms. The molecule has 0 radical (unpaired) electrons. The van der Waals surface area contributed by atoms with Gasteiger partial charge in [0.05, 0.1) is 5.69 Å². The Bertz CT molecular complexity index is 715. The Morgan fingerprint density at radius 3 is 2.59 bits per heavy atom. The molecule has 2 amide bonds. The highest BCUT2D eigenvalue weighted by molar-refractivity contribution is 6.01. The molecular formula is C14H13F2N3O3. The molecule has 6 nitrogen and oxygen atoms in total. The van der Waals surface area contributed by atoms with Crippen molar-refractivity contribution in [2.45, 2.75) is 13.8 Å². The van der Waals surface area contributed by atoms with Crippen molar-refractivity contribution in [1.82, 2.24) is 5.16 Å². The summed E-state index contributed by atoms with van der Waals surface area (Å²) in [6.07, 6.45) is 0. The third kappa shape index (κ3) is 3.66. The molecule has 1 N–H and O–H groups in total. The minimum absolute atomic E-state index is 0.180. The number of hydrogen-bond donors (Lipinski definition) is 1. The van der Waals surface area contributed by atoms with Gasteiger partial charge in [-0.05, 0) is 19.1 Å². The van der Waals surface area contributed by atoms with Crippen LogP contribution in [0.3, 0.4) is 0 Å². The minimum Gasteiger partial charge on any atom is -0.360 e. The Hall–Kier alpha value is -2.77. The van der Waals surface area contributed by atoms with Crippen molar-refractivity contribution < 1.29 is 22.9 Å². The van der Waals surface area contributed by atoms with E-state index in [-0.39, 0.29) is 11.5 Å². The number of amides is 2. The van der Waals surface area contributed by atoms with Gasteiger partial charge in [-0.1, -0.05) is 5.16 Å². The number of anilines is 2. The van der Waals surface area contributed by atoms with Crippen molar-refractivity contribution >= 4 is 23.3 Å². The van der Waals surface area contributed by atoms with Crippen LogP contribution in [0.25, 0.3) is 0 Å². The summed E-state index contributed by atoms with van der Waals surface area (Å²) in [4.78, 5) is 24.4. The third-order valence-electron chi connectivity index (χ3n) is 2.78. The second-order valence-electron chi connectivity index (χ2n) is 4.57. The van der Waals surface area contributed by atoms with Crippen LogP contribution in [0.4, 0.5) is 20.3 Å². The number of nitrogens with zero attached hydrogens (tertiary/aromatic N) is 2. The molecule has 0 bridgehead atoms. The van der Waals surface area contributed by atoms with Crippen LogP contribution < -0.4 is 10.2 Å². The van der Waals surface area contributed by atoms with Crippen LogP contribution in [0, 0.1) is 18.6 Å². The monoisotopic (exact) mass is 309 g/mol. The van der Waals surface area contributed by atoms with Crippen molar-refractivity contribution in [3.8, 4) is 0 Å². The van der Waals surface area contributed by atoms with Crippen molar-refractivity contribution in [2.24, 2.45) is 0 Å². The number of aromatic nitrogens is 1. The van der Waals surface area contributed by atoms with Crippen LogP contribution in [-0.4, -0.2) is 23.5 Å². The lowest BCUT2D eigenvalue weighted by atomic mass is 10.2. The first kappa shape index (κ1) is 15.6. The maximum atomic E-state index is 13.7. The largest absolute Gasteiger partial charge is 0.360 e. The smallest absolute Gasteiger partial charge is 0.245 e. The number of nitrogens with one attached hydrogen (secondary N) is 1. The molecule has 0 unspecified atom stereocenters. The Morgan fingerprint density at radius 1 is 1.32 bits per heavy atom. The van der Waals surface area contributed by atoms with E-state index in [9.17, 15) is 18.4 Å². The van der Waals surface area contributed by atoms with E-state index in [1.54, 1.807) is 6.92 Å². The summed E-state index contributed by atoms with van der Waals surface area (Å²) in [5, 5.41) is 5.99. The van der Waals surface area contributed by atoms with Crippen molar-refractivity contribution in [2.75, 3.05) is 16.8 Å². The lowest BCUT2D eigenvalue weighted by molar-refractivity contribution is -0.120. The highest BCUT2D eigenvalue weighted by atomic mass is 19.1. The molecule has 0 atom stereocenters. The topological polar surface area (TPSA) is 75.4 Å². The number of benzene rings is 1. The van der Waals surface area contributed by atoms with Gasteiger partial charge in [0, 0.05) is 19.1 Å². The van der Waals surface area contributed by atoms with Gasteiger partial charge in [0.2, 0.25) is 11.8 Å². The molecule has 0 aliphatic heterocycles. The third-order valence-corrected chi connectivity index (χ3v) is 2.78. The first-order chi connectivity index (χ1) is 10.4. The maximum absolute atomic E-state index is 13.7. The van der Waals surface area contributed by atoms with Crippen LogP contribution in [0.5, 0.6) is 0 Å². The molecule has 1 heterocycles. The normalized spacial score (nSPS) is 10.4. The summed E-state index contributed by atoms with van der Waals surface area (Å²) in [5.74, 6) is -2.16. The maximum Gasteiger partial charge on any atom is 0.245 e. The summed E-state index contributed by atoms with van der Waals surface area (Å²) >= 11 is 0. The van der Waals surface area contributed by atoms with E-state index in [2.05, 4.69) is 10.5 Å². The van der Waals surface area contributed by atoms with E-state index in [0.29, 0.717) is 11.8 Å². The van der Waals surface area contributed by atoms with Gasteiger partial charge in [-0.25, -0.2) is 8.78 Å². The van der Waals surface area contributed by atoms with E-state index in [4.69, 9.17) is 4.52 Å². The van der Waals surface area contributed by atoms with Gasteiger partial charge in [0.25, 0.3) is 0 Å². The summed E-state index contributed by atoms with van der Waals surface area (Å²) in [7, 11) is 0. The Morgan fingerprint density at radius 2 is 2.05 bits per heavy atom. The van der Waals surface area contributed by atoms with E-state index >= 15 is 0 Å². The molecule has 0 saturated carbocycles. The zero-order valence-electron chi connectivity index (χ0n) is 11.9. The molecule has 2 aromatic rings. The highest BCUT2D eigenvalue weighted by Crippen LogP contribution is 2.20. The SMILES string of the molecule is CC(=O)N(CC(=O)Nc1cc(C)on1)c1ccc(F)cc1F. The van der Waals surface area contributed by atoms with Gasteiger partial charge < -0.3 is 14.7 Å². The fourth-order valence-corrected chi connectivity index (χ4v) is 1.82. The Kier molecular flexibility index (Phi) is 4.50. The molecular weight excluding hydrogens is 296 g/mol. The summed E-state index contributed by atoms with van der Waals surface area (Å²) in [5.41, 5.74) is -0.180. The average Bonchev–Trinajstić information content (AvgIpc) is 2.82. The van der Waals surface area contributed by atoms with Crippen LogP contribution in [0.1, 0.15) is 12.7 Å². The second-order valence-corrected chi connectivity index (χ2v) is 4.57. The number of aryl methyl sites for hydroxylation is 1. The van der Waals surface area contributed by atoms with Gasteiger partial charge in [0.1, 0.15) is 23.9 Å². The van der Waals surface area contributed by atoms with Crippen LogP contribution in [0.15, 0.2) is 28.8 Å². The first-order valence-electron chi connectivity index (χ1n) is 6.33. The van der Waals surface area contributed by atoms with Gasteiger partial charge in [-0.2, -0.15) is 0 Å². The van der Waals surface area contributed by atoms with Crippen LogP contribution >= 0.6 is 0 Å². The number of halogens is 2. The second kappa shape index (κ2) is 6.33. The van der Waals surface area contributed by atoms with Gasteiger partial charge >= 0.3 is 0 Å². The average molecular weight is 309 g/mol. The molecule has 0 aliphatic carbocycles. The quantitative estimate of drug-likeness (QED) is 0.940. The predicted octanol–water partition coefficient (Wildman–Crippen LogP) is 2.25. The molecule has 2 rings (SSSR count). The predicted molar refractivity (Wildman–Crippen MR) is 74.3 cm³/mol. The number of carbonyl (C=O) groups is 2. The first-order valence-corrected chi connectivity index (χ1v) is 6.33. The van der Waals surface area contributed by atoms with Crippen molar-refractivity contribution in [1.29, 1.82) is 0 Å². The molecule has 22 heavy (non-hydrogen) atoms. The lowest BCUT2D eigenvalue weighted by Crippen LogP contribution is -2.37. The number of rotatable bonds is 4. The molecule has 8 heteroatoms. The summed E-state index contributed by atoms with van der Waals surface area (Å²) in [6, 6.07) is 4.24. The molecule has 0 aliphatic rings. The minimum atomic E-state index is -0.930. The molecule has 116 valence electrons. The molecule has 1 aromatic heterocycles. The van der Waals surface area contributed by atoms with E-state index in [0.717, 1.165) is 17.0 Å². The van der Waals surface area contributed by atoms with Crippen molar-refractivity contribution in [3.05, 3.63) is 41.7 Å². The number of hydrogen-bond acceptors (Lipinski definition) is 4. The molecule has 1 aromatic carbocycles. The Labute approximate surface area is 124 Å². The fraction of sp³-hybridized carbons (Fsp3) is 0.214. The van der Waals surface area contributed by atoms with Gasteiger partial charge in [-0.3, -0.25) is 9.59 Å². The molecule has 0 fully saturated rings. The lowest BCUT2D eigenvalue weighted by Gasteiger charge is -2.20. The Balaban J connectivity index is 2.15. The van der Waals surface area contributed by atoms with E-state index < -0.39 is 30.0 Å².